The highest BCUT2D eigenvalue weighted by atomic mass is 16.2. The maximum absolute atomic E-state index is 11.8. The Morgan fingerprint density at radius 2 is 2.05 bits per heavy atom. The van der Waals surface area contributed by atoms with Crippen LogP contribution in [0.1, 0.15) is 36.8 Å². The van der Waals surface area contributed by atoms with Gasteiger partial charge in [-0.1, -0.05) is 11.8 Å². The van der Waals surface area contributed by atoms with Gasteiger partial charge in [0.1, 0.15) is 5.69 Å². The number of aromatic nitrogens is 1. The van der Waals surface area contributed by atoms with Crippen LogP contribution in [0.4, 0.5) is 0 Å². The molecule has 2 amide bonds. The zero-order chi connectivity index (χ0) is 15.9. The number of amides is 2. The van der Waals surface area contributed by atoms with Gasteiger partial charge in [0.05, 0.1) is 13.1 Å². The third-order valence-corrected chi connectivity index (χ3v) is 2.25. The van der Waals surface area contributed by atoms with Crippen molar-refractivity contribution in [3.8, 4) is 11.8 Å². The van der Waals surface area contributed by atoms with Gasteiger partial charge in [0, 0.05) is 17.3 Å². The van der Waals surface area contributed by atoms with Crippen LogP contribution < -0.4 is 16.4 Å². The predicted octanol–water partition coefficient (Wildman–Crippen LogP) is 0.0363. The first-order chi connectivity index (χ1) is 9.81. The molecule has 0 radical (unpaired) electrons. The molecule has 0 saturated heterocycles. The molecule has 6 heteroatoms. The van der Waals surface area contributed by atoms with Crippen LogP contribution in [-0.2, 0) is 4.79 Å². The minimum absolute atomic E-state index is 0.0908. The van der Waals surface area contributed by atoms with Crippen molar-refractivity contribution in [3.05, 3.63) is 29.6 Å². The number of rotatable bonds is 3. The Morgan fingerprint density at radius 3 is 2.57 bits per heavy atom. The van der Waals surface area contributed by atoms with Crippen molar-refractivity contribution < 1.29 is 9.59 Å². The lowest BCUT2D eigenvalue weighted by atomic mass is 10.1. The Balaban J connectivity index is 2.54. The van der Waals surface area contributed by atoms with E-state index in [0.29, 0.717) is 5.56 Å². The van der Waals surface area contributed by atoms with Gasteiger partial charge in [0.15, 0.2) is 0 Å². The van der Waals surface area contributed by atoms with E-state index < -0.39 is 5.91 Å². The highest BCUT2D eigenvalue weighted by molar-refractivity contribution is 5.94. The molecule has 0 aliphatic carbocycles. The van der Waals surface area contributed by atoms with Gasteiger partial charge in [0.2, 0.25) is 5.91 Å². The van der Waals surface area contributed by atoms with Crippen LogP contribution in [0.2, 0.25) is 0 Å². The van der Waals surface area contributed by atoms with Crippen molar-refractivity contribution in [2.75, 3.05) is 13.1 Å². The van der Waals surface area contributed by atoms with Crippen LogP contribution in [0.3, 0.4) is 0 Å². The lowest BCUT2D eigenvalue weighted by Crippen LogP contribution is -2.45. The maximum atomic E-state index is 11.8. The molecule has 0 unspecified atom stereocenters. The van der Waals surface area contributed by atoms with Crippen molar-refractivity contribution >= 4 is 11.8 Å². The van der Waals surface area contributed by atoms with E-state index in [1.165, 1.54) is 6.20 Å². The van der Waals surface area contributed by atoms with E-state index in [2.05, 4.69) is 27.5 Å². The molecule has 0 saturated carbocycles. The zero-order valence-corrected chi connectivity index (χ0v) is 12.5. The van der Waals surface area contributed by atoms with E-state index in [-0.39, 0.29) is 30.2 Å². The summed E-state index contributed by atoms with van der Waals surface area (Å²) in [6.07, 6.45) is 1.49. The first-order valence-electron chi connectivity index (χ1n) is 6.56. The summed E-state index contributed by atoms with van der Waals surface area (Å²) in [6.45, 7) is 5.79. The highest BCUT2D eigenvalue weighted by Crippen LogP contribution is 1.99. The van der Waals surface area contributed by atoms with Crippen LogP contribution in [0, 0.1) is 11.8 Å². The SMILES string of the molecule is CC(C)(C)NC(=O)CNC(=O)c1ccc(C#CCN)cn1. The Morgan fingerprint density at radius 1 is 1.33 bits per heavy atom. The number of carbonyl (C=O) groups is 2. The minimum Gasteiger partial charge on any atom is -0.350 e. The molecule has 1 heterocycles. The summed E-state index contributed by atoms with van der Waals surface area (Å²) in [7, 11) is 0. The molecule has 0 fully saturated rings. The van der Waals surface area contributed by atoms with Crippen LogP contribution in [0.15, 0.2) is 18.3 Å². The molecular formula is C15H20N4O2. The van der Waals surface area contributed by atoms with Crippen LogP contribution in [-0.4, -0.2) is 35.4 Å². The standard InChI is InChI=1S/C15H20N4O2/c1-15(2,3)19-13(20)10-18-14(21)12-7-6-11(9-17-12)5-4-8-16/h6-7,9H,8,10,16H2,1-3H3,(H,18,21)(H,19,20). The number of nitrogens with zero attached hydrogens (tertiary/aromatic N) is 1. The summed E-state index contributed by atoms with van der Waals surface area (Å²) in [4.78, 5) is 27.4. The molecule has 0 bridgehead atoms. The van der Waals surface area contributed by atoms with Gasteiger partial charge in [-0.05, 0) is 32.9 Å². The first kappa shape index (κ1) is 16.7. The molecule has 0 aromatic carbocycles. The molecule has 4 N–H and O–H groups in total. The monoisotopic (exact) mass is 288 g/mol. The normalized spacial score (nSPS) is 10.3. The lowest BCUT2D eigenvalue weighted by Gasteiger charge is -2.20. The molecule has 1 aromatic rings. The van der Waals surface area contributed by atoms with Gasteiger partial charge in [0.25, 0.3) is 5.91 Å². The summed E-state index contributed by atoms with van der Waals surface area (Å²) < 4.78 is 0. The maximum Gasteiger partial charge on any atom is 0.270 e. The smallest absolute Gasteiger partial charge is 0.270 e. The second-order valence-corrected chi connectivity index (χ2v) is 5.42. The number of hydrogen-bond donors (Lipinski definition) is 3. The second kappa shape index (κ2) is 7.41. The second-order valence-electron chi connectivity index (χ2n) is 5.42. The first-order valence-corrected chi connectivity index (χ1v) is 6.56. The summed E-state index contributed by atoms with van der Waals surface area (Å²) in [5.74, 6) is 4.86. The van der Waals surface area contributed by atoms with Crippen LogP contribution in [0.5, 0.6) is 0 Å². The van der Waals surface area contributed by atoms with E-state index in [9.17, 15) is 9.59 Å². The third kappa shape index (κ3) is 6.54. The van der Waals surface area contributed by atoms with Gasteiger partial charge in [-0.15, -0.1) is 0 Å². The molecule has 0 aliphatic rings. The molecule has 112 valence electrons. The molecule has 1 aromatic heterocycles. The zero-order valence-electron chi connectivity index (χ0n) is 12.5. The summed E-state index contributed by atoms with van der Waals surface area (Å²) in [5, 5.41) is 5.27. The number of nitrogens with two attached hydrogens (primary N) is 1. The van der Waals surface area contributed by atoms with Gasteiger partial charge >= 0.3 is 0 Å². The number of carbonyl (C=O) groups excluding carboxylic acids is 2. The van der Waals surface area contributed by atoms with E-state index in [0.717, 1.165) is 0 Å². The van der Waals surface area contributed by atoms with Crippen molar-refractivity contribution in [2.24, 2.45) is 5.73 Å². The summed E-state index contributed by atoms with van der Waals surface area (Å²) in [5.41, 5.74) is 5.86. The molecule has 0 spiro atoms. The predicted molar refractivity (Wildman–Crippen MR) is 80.4 cm³/mol. The summed E-state index contributed by atoms with van der Waals surface area (Å²) in [6, 6.07) is 3.23. The minimum atomic E-state index is -0.405. The highest BCUT2D eigenvalue weighted by Gasteiger charge is 2.15. The van der Waals surface area contributed by atoms with Gasteiger partial charge < -0.3 is 16.4 Å². The molecule has 0 atom stereocenters. The Bertz CT molecular complexity index is 562. The molecular weight excluding hydrogens is 268 g/mol. The molecule has 6 nitrogen and oxygen atoms in total. The van der Waals surface area contributed by atoms with Gasteiger partial charge in [-0.2, -0.15) is 0 Å². The fourth-order valence-corrected chi connectivity index (χ4v) is 1.47. The van der Waals surface area contributed by atoms with Gasteiger partial charge in [-0.25, -0.2) is 4.98 Å². The largest absolute Gasteiger partial charge is 0.350 e. The average molecular weight is 288 g/mol. The fraction of sp³-hybridized carbons (Fsp3) is 0.400. The number of nitrogens with one attached hydrogen (secondary N) is 2. The van der Waals surface area contributed by atoms with Crippen LogP contribution in [0.25, 0.3) is 0 Å². The molecule has 21 heavy (non-hydrogen) atoms. The lowest BCUT2D eigenvalue weighted by molar-refractivity contribution is -0.121. The number of hydrogen-bond acceptors (Lipinski definition) is 4. The van der Waals surface area contributed by atoms with E-state index >= 15 is 0 Å². The van der Waals surface area contributed by atoms with Crippen LogP contribution >= 0.6 is 0 Å². The Kier molecular flexibility index (Phi) is 5.88. The Labute approximate surface area is 124 Å². The van der Waals surface area contributed by atoms with E-state index in [1.807, 2.05) is 20.8 Å². The van der Waals surface area contributed by atoms with Gasteiger partial charge in [-0.3, -0.25) is 9.59 Å². The van der Waals surface area contributed by atoms with Crippen molar-refractivity contribution in [3.63, 3.8) is 0 Å². The average Bonchev–Trinajstić information content (AvgIpc) is 2.41. The molecule has 0 aliphatic heterocycles. The number of pyridine rings is 1. The third-order valence-electron chi connectivity index (χ3n) is 2.25. The summed E-state index contributed by atoms with van der Waals surface area (Å²) >= 11 is 0. The van der Waals surface area contributed by atoms with E-state index in [4.69, 9.17) is 5.73 Å². The topological polar surface area (TPSA) is 97.1 Å². The van der Waals surface area contributed by atoms with Crippen molar-refractivity contribution in [2.45, 2.75) is 26.3 Å². The quantitative estimate of drug-likeness (QED) is 0.684. The van der Waals surface area contributed by atoms with Crippen molar-refractivity contribution in [1.82, 2.24) is 15.6 Å². The van der Waals surface area contributed by atoms with Crippen molar-refractivity contribution in [1.29, 1.82) is 0 Å². The van der Waals surface area contributed by atoms with E-state index in [1.54, 1.807) is 12.1 Å². The fourth-order valence-electron chi connectivity index (χ4n) is 1.47. The Hall–Kier alpha value is -2.39. The molecule has 1 rings (SSSR count).